The van der Waals surface area contributed by atoms with Crippen molar-refractivity contribution in [3.63, 3.8) is 0 Å². The van der Waals surface area contributed by atoms with E-state index < -0.39 is 16.0 Å². The fourth-order valence-electron chi connectivity index (χ4n) is 5.55. The van der Waals surface area contributed by atoms with Crippen molar-refractivity contribution in [2.45, 2.75) is 43.0 Å². The van der Waals surface area contributed by atoms with E-state index in [1.54, 1.807) is 35.6 Å². The van der Waals surface area contributed by atoms with E-state index in [2.05, 4.69) is 9.88 Å². The number of para-hydroxylation sites is 1. The first-order chi connectivity index (χ1) is 17.8. The molecule has 0 unspecified atom stereocenters. The smallest absolute Gasteiger partial charge is 0.356 e. The molecule has 5 rings (SSSR count). The molecule has 9 heteroatoms. The fourth-order valence-corrected chi connectivity index (χ4v) is 7.42. The molecule has 7 nitrogen and oxygen atoms in total. The maximum absolute atomic E-state index is 14.1. The van der Waals surface area contributed by atoms with Gasteiger partial charge in [0.05, 0.1) is 17.8 Å². The largest absolute Gasteiger partial charge is 0.464 e. The van der Waals surface area contributed by atoms with Crippen LogP contribution in [0.25, 0.3) is 11.1 Å². The van der Waals surface area contributed by atoms with E-state index in [4.69, 9.17) is 16.3 Å². The van der Waals surface area contributed by atoms with E-state index >= 15 is 0 Å². The maximum Gasteiger partial charge on any atom is 0.356 e. The number of esters is 1. The molecule has 3 aromatic rings. The lowest BCUT2D eigenvalue weighted by Gasteiger charge is -2.36. The second kappa shape index (κ2) is 10.4. The third-order valence-electron chi connectivity index (χ3n) is 7.56. The lowest BCUT2D eigenvalue weighted by atomic mass is 9.83. The predicted octanol–water partition coefficient (Wildman–Crippen LogP) is 5.91. The van der Waals surface area contributed by atoms with Crippen LogP contribution in [0.2, 0.25) is 5.02 Å². The number of carbonyl (C=O) groups excluding carboxylic acids is 1. The van der Waals surface area contributed by atoms with Crippen LogP contribution in [0.3, 0.4) is 0 Å². The van der Waals surface area contributed by atoms with Crippen molar-refractivity contribution < 1.29 is 17.9 Å². The number of carbonyl (C=O) groups is 1. The van der Waals surface area contributed by atoms with Crippen LogP contribution in [0, 0.1) is 5.92 Å². The SMILES string of the molecule is COC(=O)c1cc(-c2cc3c(cc2Cl)N(c2ccccc2)C[C@@H](C2CCCCC2)N(C)S3(=O)=O)ccn1. The zero-order valence-corrected chi connectivity index (χ0v) is 22.5. The van der Waals surface area contributed by atoms with Crippen molar-refractivity contribution >= 4 is 39.0 Å². The Morgan fingerprint density at radius 3 is 2.49 bits per heavy atom. The number of hydrogen-bond acceptors (Lipinski definition) is 6. The van der Waals surface area contributed by atoms with Gasteiger partial charge in [0, 0.05) is 37.1 Å². The van der Waals surface area contributed by atoms with E-state index in [9.17, 15) is 13.2 Å². The van der Waals surface area contributed by atoms with Gasteiger partial charge in [-0.05, 0) is 60.7 Å². The van der Waals surface area contributed by atoms with Crippen molar-refractivity contribution in [2.24, 2.45) is 5.92 Å². The average molecular weight is 540 g/mol. The van der Waals surface area contributed by atoms with Gasteiger partial charge in [0.25, 0.3) is 0 Å². The minimum atomic E-state index is -3.85. The number of aromatic nitrogens is 1. The molecule has 0 amide bonds. The Hall–Kier alpha value is -2.94. The lowest BCUT2D eigenvalue weighted by molar-refractivity contribution is 0.0594. The van der Waals surface area contributed by atoms with Gasteiger partial charge >= 0.3 is 5.97 Å². The van der Waals surface area contributed by atoms with Gasteiger partial charge < -0.3 is 9.64 Å². The summed E-state index contributed by atoms with van der Waals surface area (Å²) in [5.74, 6) is -0.294. The van der Waals surface area contributed by atoms with Crippen LogP contribution in [-0.4, -0.2) is 50.4 Å². The summed E-state index contributed by atoms with van der Waals surface area (Å²) in [6, 6.07) is 16.3. The third-order valence-corrected chi connectivity index (χ3v) is 9.79. The van der Waals surface area contributed by atoms with Crippen molar-refractivity contribution in [2.75, 3.05) is 25.6 Å². The molecule has 1 aromatic heterocycles. The van der Waals surface area contributed by atoms with E-state index in [0.717, 1.165) is 31.4 Å². The first kappa shape index (κ1) is 25.7. The van der Waals surface area contributed by atoms with Crippen LogP contribution < -0.4 is 4.90 Å². The van der Waals surface area contributed by atoms with Crippen molar-refractivity contribution in [1.29, 1.82) is 0 Å². The Labute approximate surface area is 223 Å². The van der Waals surface area contributed by atoms with Crippen LogP contribution in [0.15, 0.2) is 65.7 Å². The lowest BCUT2D eigenvalue weighted by Crippen LogP contribution is -2.46. The molecular weight excluding hydrogens is 510 g/mol. The van der Waals surface area contributed by atoms with Gasteiger partial charge in [0.1, 0.15) is 10.6 Å². The highest BCUT2D eigenvalue weighted by Gasteiger charge is 2.41. The Morgan fingerprint density at radius 2 is 1.78 bits per heavy atom. The van der Waals surface area contributed by atoms with Crippen molar-refractivity contribution in [3.8, 4) is 11.1 Å². The fraction of sp³-hybridized carbons (Fsp3) is 0.357. The number of rotatable bonds is 4. The van der Waals surface area contributed by atoms with Crippen LogP contribution in [0.1, 0.15) is 42.6 Å². The molecule has 0 spiro atoms. The van der Waals surface area contributed by atoms with E-state index in [-0.39, 0.29) is 22.5 Å². The molecule has 1 aliphatic carbocycles. The number of sulfonamides is 1. The molecule has 2 aromatic carbocycles. The summed E-state index contributed by atoms with van der Waals surface area (Å²) >= 11 is 6.81. The standard InChI is InChI=1S/C28H30ClN3O4S/c1-31-26(19-9-5-3-6-10-19)18-32(21-11-7-4-8-12-21)25-17-23(29)22(16-27(25)37(31,34)35)20-13-14-30-24(15-20)28(33)36-2/h4,7-8,11-17,19,26H,3,5-6,9-10,18H2,1-2H3/t26-/m0/s1. The minimum Gasteiger partial charge on any atom is -0.464 e. The number of ether oxygens (including phenoxy) is 1. The van der Waals surface area contributed by atoms with Gasteiger partial charge in [-0.15, -0.1) is 0 Å². The van der Waals surface area contributed by atoms with Gasteiger partial charge in [0.15, 0.2) is 0 Å². The van der Waals surface area contributed by atoms with Gasteiger partial charge in [-0.2, -0.15) is 4.31 Å². The van der Waals surface area contributed by atoms with Gasteiger partial charge in [0.2, 0.25) is 10.0 Å². The number of nitrogens with zero attached hydrogens (tertiary/aromatic N) is 3. The molecule has 1 fully saturated rings. The molecule has 194 valence electrons. The molecule has 2 heterocycles. The number of pyridine rings is 1. The molecule has 0 bridgehead atoms. The average Bonchev–Trinajstić information content (AvgIpc) is 3.01. The number of halogens is 1. The maximum atomic E-state index is 14.1. The van der Waals surface area contributed by atoms with Gasteiger partial charge in [-0.1, -0.05) is 49.1 Å². The van der Waals surface area contributed by atoms with Crippen LogP contribution >= 0.6 is 11.6 Å². The first-order valence-corrected chi connectivity index (χ1v) is 14.3. The summed E-state index contributed by atoms with van der Waals surface area (Å²) in [6.45, 7) is 0.537. The normalized spacial score (nSPS) is 20.2. The summed E-state index contributed by atoms with van der Waals surface area (Å²) in [4.78, 5) is 18.4. The van der Waals surface area contributed by atoms with E-state index in [1.807, 2.05) is 30.3 Å². The molecule has 1 atom stereocenters. The summed E-state index contributed by atoms with van der Waals surface area (Å²) in [6.07, 6.45) is 6.95. The molecule has 0 radical (unpaired) electrons. The summed E-state index contributed by atoms with van der Waals surface area (Å²) in [5.41, 5.74) is 2.67. The quantitative estimate of drug-likeness (QED) is 0.383. The topological polar surface area (TPSA) is 79.8 Å². The molecule has 37 heavy (non-hydrogen) atoms. The second-order valence-electron chi connectivity index (χ2n) is 9.65. The molecule has 0 N–H and O–H groups in total. The van der Waals surface area contributed by atoms with Crippen LogP contribution in [0.4, 0.5) is 11.4 Å². The Kier molecular flexibility index (Phi) is 7.25. The zero-order chi connectivity index (χ0) is 26.2. The molecule has 0 saturated heterocycles. The van der Waals surface area contributed by atoms with Gasteiger partial charge in [-0.3, -0.25) is 0 Å². The number of benzene rings is 2. The Bertz CT molecular complexity index is 1410. The third kappa shape index (κ3) is 4.85. The number of methoxy groups -OCH3 is 1. The van der Waals surface area contributed by atoms with E-state index in [1.165, 1.54) is 19.7 Å². The Balaban J connectivity index is 1.69. The highest BCUT2D eigenvalue weighted by molar-refractivity contribution is 7.89. The highest BCUT2D eigenvalue weighted by Crippen LogP contribution is 2.44. The predicted molar refractivity (Wildman–Crippen MR) is 145 cm³/mol. The molecular formula is C28H30ClN3O4S. The molecule has 2 aliphatic rings. The second-order valence-corrected chi connectivity index (χ2v) is 12.0. The van der Waals surface area contributed by atoms with Crippen LogP contribution in [0.5, 0.6) is 0 Å². The van der Waals surface area contributed by atoms with Crippen molar-refractivity contribution in [1.82, 2.24) is 9.29 Å². The first-order valence-electron chi connectivity index (χ1n) is 12.5. The van der Waals surface area contributed by atoms with Crippen LogP contribution in [-0.2, 0) is 14.8 Å². The summed E-state index contributed by atoms with van der Waals surface area (Å²) in [7, 11) is -0.865. The number of anilines is 2. The number of hydrogen-bond donors (Lipinski definition) is 0. The summed E-state index contributed by atoms with van der Waals surface area (Å²) < 4.78 is 34.6. The number of likely N-dealkylation sites (N-methyl/N-ethyl adjacent to an activating group) is 1. The highest BCUT2D eigenvalue weighted by atomic mass is 35.5. The van der Waals surface area contributed by atoms with Crippen molar-refractivity contribution in [3.05, 3.63) is 71.5 Å². The molecule has 1 aliphatic heterocycles. The van der Waals surface area contributed by atoms with E-state index in [0.29, 0.717) is 28.4 Å². The minimum absolute atomic E-state index is 0.120. The zero-order valence-electron chi connectivity index (χ0n) is 20.9. The van der Waals surface area contributed by atoms with Gasteiger partial charge in [-0.25, -0.2) is 18.2 Å². The molecule has 1 saturated carbocycles. The Morgan fingerprint density at radius 1 is 1.05 bits per heavy atom. The monoisotopic (exact) mass is 539 g/mol. The number of fused-ring (bicyclic) bond motifs is 1. The summed E-state index contributed by atoms with van der Waals surface area (Å²) in [5, 5.41) is 0.385.